The van der Waals surface area contributed by atoms with E-state index < -0.39 is 0 Å². The average molecular weight is 329 g/mol. The minimum absolute atomic E-state index is 0.654. The molecule has 3 rings (SSSR count). The third-order valence-corrected chi connectivity index (χ3v) is 5.25. The van der Waals surface area contributed by atoms with Crippen molar-refractivity contribution in [3.8, 4) is 12.3 Å². The van der Waals surface area contributed by atoms with Crippen LogP contribution < -0.4 is 5.32 Å². The number of hydrogen-bond donors (Lipinski definition) is 1. The van der Waals surface area contributed by atoms with E-state index >= 15 is 0 Å². The van der Waals surface area contributed by atoms with Gasteiger partial charge in [-0.2, -0.15) is 0 Å². The molecule has 0 aliphatic heterocycles. The van der Waals surface area contributed by atoms with E-state index in [0.717, 1.165) is 25.3 Å². The van der Waals surface area contributed by atoms with Crippen molar-refractivity contribution in [1.82, 2.24) is 5.32 Å². The fourth-order valence-corrected chi connectivity index (χ4v) is 3.71. The summed E-state index contributed by atoms with van der Waals surface area (Å²) in [6.07, 6.45) is 10.0. The molecular weight excluding hydrogens is 302 g/mol. The van der Waals surface area contributed by atoms with E-state index in [1.165, 1.54) is 40.7 Å². The SMILES string of the molecule is C#CC(=C)NCc1ccc(Cc2ccc(C)cc2)c2c1CC(C)CC2. The van der Waals surface area contributed by atoms with Crippen LogP contribution in [0, 0.1) is 25.2 Å². The van der Waals surface area contributed by atoms with Crippen LogP contribution in [0.2, 0.25) is 0 Å². The van der Waals surface area contributed by atoms with Gasteiger partial charge in [0.25, 0.3) is 0 Å². The standard InChI is InChI=1S/C24H27N/c1-5-19(4)25-16-22-12-11-21(15-20-9-6-17(2)7-10-20)23-13-8-18(3)14-24(22)23/h1,6-7,9-12,18,25H,4,8,13-16H2,2-3H3. The minimum Gasteiger partial charge on any atom is -0.375 e. The molecule has 0 bridgehead atoms. The number of aryl methyl sites for hydroxylation is 1. The van der Waals surface area contributed by atoms with Gasteiger partial charge in [-0.15, -0.1) is 6.42 Å². The van der Waals surface area contributed by atoms with Crippen molar-refractivity contribution in [2.75, 3.05) is 0 Å². The summed E-state index contributed by atoms with van der Waals surface area (Å²) in [6.45, 7) is 9.11. The highest BCUT2D eigenvalue weighted by Gasteiger charge is 2.21. The monoisotopic (exact) mass is 329 g/mol. The molecule has 0 spiro atoms. The van der Waals surface area contributed by atoms with E-state index in [1.807, 2.05) is 0 Å². The predicted octanol–water partition coefficient (Wildman–Crippen LogP) is 4.95. The summed E-state index contributed by atoms with van der Waals surface area (Å²) < 4.78 is 0. The van der Waals surface area contributed by atoms with Gasteiger partial charge in [0.15, 0.2) is 0 Å². The van der Waals surface area contributed by atoms with Gasteiger partial charge in [0.05, 0.1) is 5.70 Å². The van der Waals surface area contributed by atoms with Crippen molar-refractivity contribution < 1.29 is 0 Å². The Labute approximate surface area is 152 Å². The van der Waals surface area contributed by atoms with E-state index in [2.05, 4.69) is 68.1 Å². The lowest BCUT2D eigenvalue weighted by Crippen LogP contribution is -2.19. The Kier molecular flexibility index (Phi) is 5.29. The van der Waals surface area contributed by atoms with E-state index in [1.54, 1.807) is 5.56 Å². The lowest BCUT2D eigenvalue weighted by Gasteiger charge is -2.27. The Morgan fingerprint density at radius 2 is 1.88 bits per heavy atom. The second-order valence-electron chi connectivity index (χ2n) is 7.33. The van der Waals surface area contributed by atoms with Crippen molar-refractivity contribution in [2.45, 2.75) is 46.1 Å². The third kappa shape index (κ3) is 4.15. The summed E-state index contributed by atoms with van der Waals surface area (Å²) in [5.74, 6) is 3.31. The zero-order valence-corrected chi connectivity index (χ0v) is 15.4. The molecule has 0 heterocycles. The Balaban J connectivity index is 1.90. The van der Waals surface area contributed by atoms with Crippen molar-refractivity contribution in [1.29, 1.82) is 0 Å². The second kappa shape index (κ2) is 7.62. The fraction of sp³-hybridized carbons (Fsp3) is 0.333. The van der Waals surface area contributed by atoms with Gasteiger partial charge in [0.2, 0.25) is 0 Å². The van der Waals surface area contributed by atoms with Crippen molar-refractivity contribution >= 4 is 0 Å². The van der Waals surface area contributed by atoms with Gasteiger partial charge in [0.1, 0.15) is 0 Å². The highest BCUT2D eigenvalue weighted by atomic mass is 14.9. The summed E-state index contributed by atoms with van der Waals surface area (Å²) in [6, 6.07) is 13.5. The Hall–Kier alpha value is -2.46. The normalized spacial score (nSPS) is 16.0. The van der Waals surface area contributed by atoms with Gasteiger partial charge >= 0.3 is 0 Å². The molecule has 1 heteroatoms. The molecule has 0 fully saturated rings. The molecule has 0 saturated heterocycles. The Morgan fingerprint density at radius 3 is 2.60 bits per heavy atom. The highest BCUT2D eigenvalue weighted by molar-refractivity contribution is 5.45. The minimum atomic E-state index is 0.654. The van der Waals surface area contributed by atoms with Gasteiger partial charge in [-0.05, 0) is 66.3 Å². The van der Waals surface area contributed by atoms with Crippen molar-refractivity contribution in [3.63, 3.8) is 0 Å². The van der Waals surface area contributed by atoms with Crippen LogP contribution in [0.4, 0.5) is 0 Å². The van der Waals surface area contributed by atoms with Crippen LogP contribution in [0.5, 0.6) is 0 Å². The number of nitrogens with one attached hydrogen (secondary N) is 1. The first-order chi connectivity index (χ1) is 12.1. The summed E-state index contributed by atoms with van der Waals surface area (Å²) >= 11 is 0. The first kappa shape index (κ1) is 17.4. The summed E-state index contributed by atoms with van der Waals surface area (Å²) in [7, 11) is 0. The molecule has 2 aromatic rings. The molecule has 1 atom stereocenters. The molecule has 128 valence electrons. The molecule has 2 aromatic carbocycles. The van der Waals surface area contributed by atoms with E-state index in [9.17, 15) is 0 Å². The zero-order chi connectivity index (χ0) is 17.8. The number of rotatable bonds is 5. The topological polar surface area (TPSA) is 12.0 Å². The van der Waals surface area contributed by atoms with Gasteiger partial charge in [-0.1, -0.05) is 61.4 Å². The van der Waals surface area contributed by atoms with Gasteiger partial charge in [-0.25, -0.2) is 0 Å². The number of fused-ring (bicyclic) bond motifs is 1. The second-order valence-corrected chi connectivity index (χ2v) is 7.33. The first-order valence-corrected chi connectivity index (χ1v) is 9.14. The molecule has 1 unspecified atom stereocenters. The zero-order valence-electron chi connectivity index (χ0n) is 15.4. The smallest absolute Gasteiger partial charge is 0.0780 e. The Morgan fingerprint density at radius 1 is 1.16 bits per heavy atom. The first-order valence-electron chi connectivity index (χ1n) is 9.14. The number of benzene rings is 2. The number of terminal acetylenes is 1. The molecule has 1 nitrogen and oxygen atoms in total. The van der Waals surface area contributed by atoms with E-state index in [4.69, 9.17) is 6.42 Å². The van der Waals surface area contributed by atoms with Crippen LogP contribution in [0.25, 0.3) is 0 Å². The number of allylic oxidation sites excluding steroid dienone is 1. The largest absolute Gasteiger partial charge is 0.375 e. The van der Waals surface area contributed by atoms with Crippen LogP contribution in [0.3, 0.4) is 0 Å². The lowest BCUT2D eigenvalue weighted by molar-refractivity contribution is 0.495. The molecule has 0 radical (unpaired) electrons. The highest BCUT2D eigenvalue weighted by Crippen LogP contribution is 2.32. The van der Waals surface area contributed by atoms with Gasteiger partial charge in [-0.3, -0.25) is 0 Å². The van der Waals surface area contributed by atoms with Gasteiger partial charge < -0.3 is 5.32 Å². The van der Waals surface area contributed by atoms with Gasteiger partial charge in [0, 0.05) is 6.54 Å². The van der Waals surface area contributed by atoms with E-state index in [0.29, 0.717) is 5.70 Å². The lowest BCUT2D eigenvalue weighted by atomic mass is 9.79. The molecule has 0 aromatic heterocycles. The molecule has 1 aliphatic carbocycles. The molecule has 1 N–H and O–H groups in total. The molecule has 1 aliphatic rings. The molecule has 25 heavy (non-hydrogen) atoms. The summed E-state index contributed by atoms with van der Waals surface area (Å²) in [4.78, 5) is 0. The fourth-order valence-electron chi connectivity index (χ4n) is 3.71. The summed E-state index contributed by atoms with van der Waals surface area (Å²) in [5.41, 5.74) is 9.29. The van der Waals surface area contributed by atoms with E-state index in [-0.39, 0.29) is 0 Å². The van der Waals surface area contributed by atoms with Crippen LogP contribution in [-0.2, 0) is 25.8 Å². The number of hydrogen-bond acceptors (Lipinski definition) is 1. The van der Waals surface area contributed by atoms with Crippen LogP contribution >= 0.6 is 0 Å². The van der Waals surface area contributed by atoms with Crippen molar-refractivity contribution in [3.05, 3.63) is 82.1 Å². The maximum atomic E-state index is 5.40. The van der Waals surface area contributed by atoms with Crippen LogP contribution in [0.15, 0.2) is 48.7 Å². The Bertz CT molecular complexity index is 805. The molecule has 0 saturated carbocycles. The summed E-state index contributed by atoms with van der Waals surface area (Å²) in [5, 5.41) is 3.26. The predicted molar refractivity (Wildman–Crippen MR) is 106 cm³/mol. The third-order valence-electron chi connectivity index (χ3n) is 5.25. The van der Waals surface area contributed by atoms with Crippen molar-refractivity contribution in [2.24, 2.45) is 5.92 Å². The molecule has 0 amide bonds. The van der Waals surface area contributed by atoms with Crippen LogP contribution in [-0.4, -0.2) is 0 Å². The van der Waals surface area contributed by atoms with Crippen LogP contribution in [0.1, 0.15) is 46.7 Å². The average Bonchev–Trinajstić information content (AvgIpc) is 2.62. The maximum Gasteiger partial charge on any atom is 0.0780 e. The molecular formula is C24H27N. The quantitative estimate of drug-likeness (QED) is 0.766. The maximum absolute atomic E-state index is 5.40.